The third-order valence-corrected chi connectivity index (χ3v) is 5.90. The highest BCUT2D eigenvalue weighted by atomic mass is 32.1. The van der Waals surface area contributed by atoms with Gasteiger partial charge in [0.05, 0.1) is 22.8 Å². The van der Waals surface area contributed by atoms with E-state index < -0.39 is 0 Å². The first-order valence-corrected chi connectivity index (χ1v) is 9.56. The molecule has 0 aliphatic carbocycles. The molecule has 0 amide bonds. The van der Waals surface area contributed by atoms with Crippen LogP contribution in [0, 0.1) is 6.92 Å². The zero-order chi connectivity index (χ0) is 16.5. The standard InChI is InChI=1S/C18H23N5S/c1-3-10-23-13(2)20-21-17(23)12-22-11-6-8-15(22)18-19-14-7-4-5-9-16(14)24-18/h4-5,7,9,15H,3,6,8,10-12H2,1-2H3/t15-/m0/s1. The third kappa shape index (κ3) is 2.84. The molecule has 4 rings (SSSR count). The molecule has 0 unspecified atom stereocenters. The molecule has 0 saturated carbocycles. The lowest BCUT2D eigenvalue weighted by molar-refractivity contribution is 0.238. The molecule has 1 saturated heterocycles. The lowest BCUT2D eigenvalue weighted by Crippen LogP contribution is -2.25. The number of hydrogen-bond donors (Lipinski definition) is 0. The number of thiazole rings is 1. The van der Waals surface area contributed by atoms with E-state index >= 15 is 0 Å². The third-order valence-electron chi connectivity index (χ3n) is 4.76. The zero-order valence-electron chi connectivity index (χ0n) is 14.3. The summed E-state index contributed by atoms with van der Waals surface area (Å²) in [5.74, 6) is 2.10. The fourth-order valence-electron chi connectivity index (χ4n) is 3.57. The van der Waals surface area contributed by atoms with Crippen LogP contribution in [0.1, 0.15) is 48.9 Å². The molecular weight excluding hydrogens is 318 g/mol. The average Bonchev–Trinajstić information content (AvgIpc) is 3.29. The van der Waals surface area contributed by atoms with Gasteiger partial charge in [0.2, 0.25) is 0 Å². The molecule has 1 aliphatic rings. The van der Waals surface area contributed by atoms with Crippen molar-refractivity contribution in [3.05, 3.63) is 40.9 Å². The van der Waals surface area contributed by atoms with Crippen molar-refractivity contribution in [1.82, 2.24) is 24.6 Å². The van der Waals surface area contributed by atoms with E-state index in [1.165, 1.54) is 22.5 Å². The number of para-hydroxylation sites is 1. The Morgan fingerprint density at radius 2 is 2.12 bits per heavy atom. The predicted molar refractivity (Wildman–Crippen MR) is 97.1 cm³/mol. The minimum absolute atomic E-state index is 0.412. The fourth-order valence-corrected chi connectivity index (χ4v) is 4.70. The molecule has 1 atom stereocenters. The van der Waals surface area contributed by atoms with Crippen LogP contribution in [-0.2, 0) is 13.1 Å². The number of aromatic nitrogens is 4. The summed E-state index contributed by atoms with van der Waals surface area (Å²) < 4.78 is 3.54. The van der Waals surface area contributed by atoms with Crippen LogP contribution in [0.25, 0.3) is 10.2 Å². The van der Waals surface area contributed by atoms with Crippen molar-refractivity contribution in [1.29, 1.82) is 0 Å². The molecule has 0 N–H and O–H groups in total. The van der Waals surface area contributed by atoms with Crippen LogP contribution in [0.5, 0.6) is 0 Å². The van der Waals surface area contributed by atoms with E-state index in [1.54, 1.807) is 0 Å². The number of rotatable bonds is 5. The number of nitrogens with zero attached hydrogens (tertiary/aromatic N) is 5. The Morgan fingerprint density at radius 3 is 2.96 bits per heavy atom. The van der Waals surface area contributed by atoms with Crippen LogP contribution in [0.4, 0.5) is 0 Å². The summed E-state index contributed by atoms with van der Waals surface area (Å²) in [6.07, 6.45) is 3.51. The van der Waals surface area contributed by atoms with Crippen molar-refractivity contribution in [2.45, 2.75) is 52.2 Å². The molecule has 3 heterocycles. The maximum absolute atomic E-state index is 4.88. The molecule has 0 bridgehead atoms. The Labute approximate surface area is 146 Å². The number of benzene rings is 1. The highest BCUT2D eigenvalue weighted by molar-refractivity contribution is 7.18. The van der Waals surface area contributed by atoms with Crippen LogP contribution in [0.3, 0.4) is 0 Å². The molecule has 6 heteroatoms. The van der Waals surface area contributed by atoms with E-state index in [2.05, 4.69) is 50.9 Å². The number of aryl methyl sites for hydroxylation is 1. The van der Waals surface area contributed by atoms with Gasteiger partial charge in [-0.05, 0) is 44.9 Å². The smallest absolute Gasteiger partial charge is 0.147 e. The van der Waals surface area contributed by atoms with E-state index in [0.717, 1.165) is 43.2 Å². The number of likely N-dealkylation sites (tertiary alicyclic amines) is 1. The molecule has 1 aliphatic heterocycles. The summed E-state index contributed by atoms with van der Waals surface area (Å²) in [6.45, 7) is 7.21. The summed E-state index contributed by atoms with van der Waals surface area (Å²) in [7, 11) is 0. The van der Waals surface area contributed by atoms with Gasteiger partial charge in [-0.3, -0.25) is 4.90 Å². The van der Waals surface area contributed by atoms with Gasteiger partial charge in [0, 0.05) is 6.54 Å². The SMILES string of the molecule is CCCn1c(C)nnc1CN1CCC[C@H]1c1nc2ccccc2s1. The molecule has 0 spiro atoms. The lowest BCUT2D eigenvalue weighted by Gasteiger charge is -2.22. The molecule has 0 radical (unpaired) electrons. The summed E-state index contributed by atoms with van der Waals surface area (Å²) in [5.41, 5.74) is 1.12. The Bertz CT molecular complexity index is 804. The summed E-state index contributed by atoms with van der Waals surface area (Å²) in [6, 6.07) is 8.84. The van der Waals surface area contributed by atoms with Crippen molar-refractivity contribution in [2.75, 3.05) is 6.54 Å². The Balaban J connectivity index is 1.59. The molecule has 126 valence electrons. The van der Waals surface area contributed by atoms with Gasteiger partial charge in [-0.2, -0.15) is 0 Å². The first-order chi connectivity index (χ1) is 11.8. The first kappa shape index (κ1) is 15.7. The first-order valence-electron chi connectivity index (χ1n) is 8.74. The highest BCUT2D eigenvalue weighted by Crippen LogP contribution is 2.37. The molecule has 3 aromatic rings. The largest absolute Gasteiger partial charge is 0.314 e. The zero-order valence-corrected chi connectivity index (χ0v) is 15.1. The van der Waals surface area contributed by atoms with E-state index in [1.807, 2.05) is 18.3 Å². The van der Waals surface area contributed by atoms with Crippen molar-refractivity contribution in [2.24, 2.45) is 0 Å². The monoisotopic (exact) mass is 341 g/mol. The van der Waals surface area contributed by atoms with Crippen molar-refractivity contribution in [3.8, 4) is 0 Å². The predicted octanol–water partition coefficient (Wildman–Crippen LogP) is 3.94. The van der Waals surface area contributed by atoms with E-state index in [-0.39, 0.29) is 0 Å². The van der Waals surface area contributed by atoms with Crippen LogP contribution in [0.15, 0.2) is 24.3 Å². The van der Waals surface area contributed by atoms with Crippen LogP contribution >= 0.6 is 11.3 Å². The summed E-state index contributed by atoms with van der Waals surface area (Å²) >= 11 is 1.83. The van der Waals surface area contributed by atoms with E-state index in [4.69, 9.17) is 4.98 Å². The topological polar surface area (TPSA) is 46.8 Å². The molecule has 1 fully saturated rings. The quantitative estimate of drug-likeness (QED) is 0.705. The lowest BCUT2D eigenvalue weighted by atomic mass is 10.2. The van der Waals surface area contributed by atoms with Crippen molar-refractivity contribution >= 4 is 21.6 Å². The fraction of sp³-hybridized carbons (Fsp3) is 0.500. The van der Waals surface area contributed by atoms with Gasteiger partial charge in [-0.25, -0.2) is 4.98 Å². The molecule has 2 aromatic heterocycles. The van der Waals surface area contributed by atoms with Gasteiger partial charge in [-0.15, -0.1) is 21.5 Å². The molecule has 1 aromatic carbocycles. The second kappa shape index (κ2) is 6.61. The second-order valence-corrected chi connectivity index (χ2v) is 7.53. The Morgan fingerprint density at radius 1 is 1.25 bits per heavy atom. The van der Waals surface area contributed by atoms with Gasteiger partial charge in [-0.1, -0.05) is 19.1 Å². The Hall–Kier alpha value is -1.79. The molecular formula is C18H23N5S. The summed E-state index contributed by atoms with van der Waals surface area (Å²) in [4.78, 5) is 7.41. The van der Waals surface area contributed by atoms with Crippen LogP contribution in [0.2, 0.25) is 0 Å². The van der Waals surface area contributed by atoms with Gasteiger partial charge in [0.15, 0.2) is 0 Å². The average molecular weight is 341 g/mol. The van der Waals surface area contributed by atoms with Crippen LogP contribution in [-0.4, -0.2) is 31.2 Å². The van der Waals surface area contributed by atoms with Gasteiger partial charge < -0.3 is 4.57 Å². The van der Waals surface area contributed by atoms with Gasteiger partial charge in [0.25, 0.3) is 0 Å². The maximum Gasteiger partial charge on any atom is 0.147 e. The maximum atomic E-state index is 4.88. The van der Waals surface area contributed by atoms with Gasteiger partial charge >= 0.3 is 0 Å². The Kier molecular flexibility index (Phi) is 4.33. The number of fused-ring (bicyclic) bond motifs is 1. The minimum Gasteiger partial charge on any atom is -0.314 e. The van der Waals surface area contributed by atoms with Crippen molar-refractivity contribution in [3.63, 3.8) is 0 Å². The van der Waals surface area contributed by atoms with Crippen LogP contribution < -0.4 is 0 Å². The normalized spacial score (nSPS) is 18.7. The minimum atomic E-state index is 0.412. The highest BCUT2D eigenvalue weighted by Gasteiger charge is 2.30. The van der Waals surface area contributed by atoms with E-state index in [0.29, 0.717) is 6.04 Å². The van der Waals surface area contributed by atoms with Gasteiger partial charge in [0.1, 0.15) is 16.7 Å². The molecule has 24 heavy (non-hydrogen) atoms. The second-order valence-electron chi connectivity index (χ2n) is 6.46. The summed E-state index contributed by atoms with van der Waals surface area (Å²) in [5, 5.41) is 9.95. The van der Waals surface area contributed by atoms with E-state index in [9.17, 15) is 0 Å². The number of hydrogen-bond acceptors (Lipinski definition) is 5. The molecule has 5 nitrogen and oxygen atoms in total. The van der Waals surface area contributed by atoms with Crippen molar-refractivity contribution < 1.29 is 0 Å².